The predicted molar refractivity (Wildman–Crippen MR) is 108 cm³/mol. The quantitative estimate of drug-likeness (QED) is 0.341. The van der Waals surface area contributed by atoms with E-state index in [-0.39, 0.29) is 18.5 Å². The van der Waals surface area contributed by atoms with Gasteiger partial charge in [-0.3, -0.25) is 4.79 Å². The lowest BCUT2D eigenvalue weighted by atomic mass is 10.1. The van der Waals surface area contributed by atoms with Crippen LogP contribution in [0.4, 0.5) is 4.79 Å². The van der Waals surface area contributed by atoms with E-state index < -0.39 is 11.7 Å². The molecule has 0 aliphatic heterocycles. The summed E-state index contributed by atoms with van der Waals surface area (Å²) in [6.45, 7) is 10.8. The molecule has 1 aliphatic rings. The van der Waals surface area contributed by atoms with Crippen molar-refractivity contribution in [2.45, 2.75) is 84.4 Å². The topological polar surface area (TPSA) is 104 Å². The van der Waals surface area contributed by atoms with E-state index in [0.29, 0.717) is 25.1 Å². The number of nitrogens with one attached hydrogen (secondary N) is 4. The zero-order chi connectivity index (χ0) is 20.3. The molecule has 8 nitrogen and oxygen atoms in total. The largest absolute Gasteiger partial charge is 0.444 e. The van der Waals surface area contributed by atoms with Gasteiger partial charge in [0.15, 0.2) is 5.96 Å². The molecular weight excluding hydrogens is 346 g/mol. The van der Waals surface area contributed by atoms with E-state index in [1.54, 1.807) is 0 Å². The van der Waals surface area contributed by atoms with Gasteiger partial charge >= 0.3 is 6.09 Å². The number of rotatable bonds is 10. The molecule has 1 aliphatic carbocycles. The molecule has 1 unspecified atom stereocenters. The van der Waals surface area contributed by atoms with Gasteiger partial charge in [0.2, 0.25) is 5.91 Å². The highest BCUT2D eigenvalue weighted by atomic mass is 16.6. The van der Waals surface area contributed by atoms with Crippen molar-refractivity contribution >= 4 is 18.0 Å². The summed E-state index contributed by atoms with van der Waals surface area (Å²) in [5, 5.41) is 12.2. The number of amides is 2. The highest BCUT2D eigenvalue weighted by Gasteiger charge is 2.23. The number of ether oxygens (including phenoxy) is 1. The Morgan fingerprint density at radius 2 is 1.89 bits per heavy atom. The summed E-state index contributed by atoms with van der Waals surface area (Å²) in [7, 11) is 0. The fraction of sp³-hybridized carbons (Fsp3) is 0.842. The minimum atomic E-state index is -0.526. The van der Waals surface area contributed by atoms with Crippen molar-refractivity contribution in [1.82, 2.24) is 21.3 Å². The molecule has 0 saturated heterocycles. The summed E-state index contributed by atoms with van der Waals surface area (Å²) in [6.07, 6.45) is 4.64. The second-order valence-electron chi connectivity index (χ2n) is 7.90. The first kappa shape index (κ1) is 23.0. The first-order valence-electron chi connectivity index (χ1n) is 10.0. The second kappa shape index (κ2) is 11.7. The molecule has 1 rings (SSSR count). The molecular formula is C19H37N5O3. The Labute approximate surface area is 163 Å². The Hall–Kier alpha value is -1.99. The van der Waals surface area contributed by atoms with Gasteiger partial charge in [-0.15, -0.1) is 0 Å². The van der Waals surface area contributed by atoms with E-state index in [4.69, 9.17) is 4.74 Å². The Bertz CT molecular complexity index is 498. The fourth-order valence-electron chi connectivity index (χ4n) is 2.36. The summed E-state index contributed by atoms with van der Waals surface area (Å²) in [5.74, 6) is 0.516. The molecule has 1 fully saturated rings. The van der Waals surface area contributed by atoms with Crippen LogP contribution >= 0.6 is 0 Å². The first-order chi connectivity index (χ1) is 12.7. The maximum atomic E-state index is 11.9. The third-order valence-electron chi connectivity index (χ3n) is 3.81. The van der Waals surface area contributed by atoms with Gasteiger partial charge in [0.1, 0.15) is 12.1 Å². The number of carbonyl (C=O) groups is 2. The number of hydrogen-bond acceptors (Lipinski definition) is 4. The van der Waals surface area contributed by atoms with Crippen LogP contribution in [0.15, 0.2) is 4.99 Å². The maximum absolute atomic E-state index is 11.9. The maximum Gasteiger partial charge on any atom is 0.407 e. The highest BCUT2D eigenvalue weighted by Crippen LogP contribution is 2.18. The van der Waals surface area contributed by atoms with Crippen molar-refractivity contribution in [1.29, 1.82) is 0 Å². The van der Waals surface area contributed by atoms with Crippen molar-refractivity contribution in [3.05, 3.63) is 0 Å². The fourth-order valence-corrected chi connectivity index (χ4v) is 2.36. The lowest BCUT2D eigenvalue weighted by Gasteiger charge is -2.24. The summed E-state index contributed by atoms with van der Waals surface area (Å²) in [4.78, 5) is 28.1. The van der Waals surface area contributed by atoms with Gasteiger partial charge in [-0.05, 0) is 47.0 Å². The highest BCUT2D eigenvalue weighted by molar-refractivity contribution is 5.85. The number of nitrogens with zero attached hydrogens (tertiary/aromatic N) is 1. The SMILES string of the molecule is CCCCC(CNC(=O)OC(C)(C)C)NC(=NCC(=O)NC1CC1)NCC. The van der Waals surface area contributed by atoms with E-state index in [1.807, 2.05) is 27.7 Å². The molecule has 4 N–H and O–H groups in total. The van der Waals surface area contributed by atoms with Crippen LogP contribution in [0.25, 0.3) is 0 Å². The smallest absolute Gasteiger partial charge is 0.407 e. The summed E-state index contributed by atoms with van der Waals surface area (Å²) >= 11 is 0. The molecule has 0 spiro atoms. The van der Waals surface area contributed by atoms with Crippen LogP contribution in [-0.2, 0) is 9.53 Å². The van der Waals surface area contributed by atoms with Crippen molar-refractivity contribution in [2.75, 3.05) is 19.6 Å². The van der Waals surface area contributed by atoms with Gasteiger partial charge < -0.3 is 26.0 Å². The number of alkyl carbamates (subject to hydrolysis) is 1. The standard InChI is InChI=1S/C19H37N5O3/c1-6-8-9-15(12-22-18(26)27-19(3,4)5)24-17(20-7-2)21-13-16(25)23-14-10-11-14/h14-15H,6-13H2,1-5H3,(H,22,26)(H,23,25)(H2,20,21,24). The van der Waals surface area contributed by atoms with E-state index in [9.17, 15) is 9.59 Å². The van der Waals surface area contributed by atoms with Gasteiger partial charge in [-0.2, -0.15) is 0 Å². The number of guanidine groups is 1. The molecule has 1 saturated carbocycles. The van der Waals surface area contributed by atoms with Crippen LogP contribution < -0.4 is 21.3 Å². The Kier molecular flexibility index (Phi) is 9.96. The van der Waals surface area contributed by atoms with E-state index >= 15 is 0 Å². The second-order valence-corrected chi connectivity index (χ2v) is 7.90. The summed E-state index contributed by atoms with van der Waals surface area (Å²) < 4.78 is 5.29. The van der Waals surface area contributed by atoms with Crippen molar-refractivity contribution in [3.63, 3.8) is 0 Å². The monoisotopic (exact) mass is 383 g/mol. The molecule has 0 heterocycles. The number of carbonyl (C=O) groups excluding carboxylic acids is 2. The molecule has 0 bridgehead atoms. The zero-order valence-corrected chi connectivity index (χ0v) is 17.5. The molecule has 156 valence electrons. The average Bonchev–Trinajstić information content (AvgIpc) is 3.37. The van der Waals surface area contributed by atoms with Gasteiger partial charge in [-0.1, -0.05) is 19.8 Å². The van der Waals surface area contributed by atoms with Crippen LogP contribution in [-0.4, -0.2) is 55.3 Å². The number of hydrogen-bond donors (Lipinski definition) is 4. The van der Waals surface area contributed by atoms with Crippen LogP contribution in [0, 0.1) is 0 Å². The van der Waals surface area contributed by atoms with Gasteiger partial charge in [0, 0.05) is 25.2 Å². The van der Waals surface area contributed by atoms with Gasteiger partial charge in [0.05, 0.1) is 0 Å². The molecule has 0 aromatic carbocycles. The van der Waals surface area contributed by atoms with E-state index in [0.717, 1.165) is 32.1 Å². The number of unbranched alkanes of at least 4 members (excludes halogenated alkanes) is 1. The Morgan fingerprint density at radius 1 is 1.19 bits per heavy atom. The summed E-state index contributed by atoms with van der Waals surface area (Å²) in [6, 6.07) is 0.334. The van der Waals surface area contributed by atoms with Crippen LogP contribution in [0.5, 0.6) is 0 Å². The van der Waals surface area contributed by atoms with Crippen LogP contribution in [0.3, 0.4) is 0 Å². The molecule has 0 aromatic rings. The normalized spacial score (nSPS) is 15.7. The average molecular weight is 384 g/mol. The van der Waals surface area contributed by atoms with E-state index in [1.165, 1.54) is 0 Å². The molecule has 27 heavy (non-hydrogen) atoms. The Morgan fingerprint density at radius 3 is 2.44 bits per heavy atom. The lowest BCUT2D eigenvalue weighted by molar-refractivity contribution is -0.119. The molecule has 0 radical (unpaired) electrons. The predicted octanol–water partition coefficient (Wildman–Crippen LogP) is 1.90. The molecule has 0 aromatic heterocycles. The van der Waals surface area contributed by atoms with Crippen molar-refractivity contribution in [2.24, 2.45) is 4.99 Å². The van der Waals surface area contributed by atoms with Gasteiger partial charge in [0.25, 0.3) is 0 Å². The third kappa shape index (κ3) is 12.1. The van der Waals surface area contributed by atoms with Crippen LogP contribution in [0.2, 0.25) is 0 Å². The van der Waals surface area contributed by atoms with Crippen LogP contribution in [0.1, 0.15) is 66.7 Å². The lowest BCUT2D eigenvalue weighted by Crippen LogP contribution is -2.49. The Balaban J connectivity index is 2.56. The molecule has 2 amide bonds. The minimum absolute atomic E-state index is 0.00163. The van der Waals surface area contributed by atoms with Crippen molar-refractivity contribution in [3.8, 4) is 0 Å². The number of aliphatic imine (C=N–C) groups is 1. The summed E-state index contributed by atoms with van der Waals surface area (Å²) in [5.41, 5.74) is -0.526. The van der Waals surface area contributed by atoms with E-state index in [2.05, 4.69) is 33.2 Å². The van der Waals surface area contributed by atoms with Crippen molar-refractivity contribution < 1.29 is 14.3 Å². The zero-order valence-electron chi connectivity index (χ0n) is 17.5. The first-order valence-corrected chi connectivity index (χ1v) is 10.0. The third-order valence-corrected chi connectivity index (χ3v) is 3.81. The molecule has 1 atom stereocenters. The minimum Gasteiger partial charge on any atom is -0.444 e. The van der Waals surface area contributed by atoms with Gasteiger partial charge in [-0.25, -0.2) is 9.79 Å². The molecule has 8 heteroatoms.